The lowest BCUT2D eigenvalue weighted by Crippen LogP contribution is -2.28. The second kappa shape index (κ2) is 9.06. The Morgan fingerprint density at radius 2 is 1.64 bits per heavy atom. The summed E-state index contributed by atoms with van der Waals surface area (Å²) in [7, 11) is 0. The Balaban J connectivity index is 2.14. The normalized spacial score (nSPS) is 13.8. The first-order chi connectivity index (χ1) is 12.0. The van der Waals surface area contributed by atoms with E-state index in [0.717, 1.165) is 5.56 Å². The minimum absolute atomic E-state index is 0.0101. The van der Waals surface area contributed by atoms with E-state index in [4.69, 9.17) is 4.74 Å². The predicted octanol–water partition coefficient (Wildman–Crippen LogP) is 5.52. The summed E-state index contributed by atoms with van der Waals surface area (Å²) < 4.78 is 45.1. The zero-order valence-electron chi connectivity index (χ0n) is 13.9. The van der Waals surface area contributed by atoms with Crippen LogP contribution in [0.2, 0.25) is 0 Å². The summed E-state index contributed by atoms with van der Waals surface area (Å²) in [6.07, 6.45) is -1.80. The average Bonchev–Trinajstić information content (AvgIpc) is 2.61. The molecule has 0 saturated heterocycles. The third-order valence-corrected chi connectivity index (χ3v) is 3.48. The molecule has 0 bridgehead atoms. The van der Waals surface area contributed by atoms with Crippen molar-refractivity contribution in [3.05, 3.63) is 83.9 Å². The van der Waals surface area contributed by atoms with E-state index in [1.807, 2.05) is 30.3 Å². The SMILES string of the molecule is C/C=C/C(OC(=NCCc1ccccc1)C(F)(F)F)c1ccccc1. The molecule has 0 aliphatic heterocycles. The molecule has 0 aliphatic carbocycles. The van der Waals surface area contributed by atoms with Gasteiger partial charge in [-0.3, -0.25) is 0 Å². The number of halogens is 3. The molecule has 132 valence electrons. The van der Waals surface area contributed by atoms with Crippen LogP contribution in [-0.2, 0) is 11.2 Å². The number of hydrogen-bond acceptors (Lipinski definition) is 2. The van der Waals surface area contributed by atoms with Crippen LogP contribution in [-0.4, -0.2) is 18.6 Å². The van der Waals surface area contributed by atoms with Gasteiger partial charge in [-0.2, -0.15) is 13.2 Å². The van der Waals surface area contributed by atoms with Crippen LogP contribution in [0.3, 0.4) is 0 Å². The minimum atomic E-state index is -4.63. The summed E-state index contributed by atoms with van der Waals surface area (Å²) >= 11 is 0. The first kappa shape index (κ1) is 18.8. The van der Waals surface area contributed by atoms with E-state index in [1.54, 1.807) is 49.4 Å². The van der Waals surface area contributed by atoms with Crippen molar-refractivity contribution in [2.45, 2.75) is 25.6 Å². The molecule has 2 aromatic carbocycles. The molecule has 0 saturated carbocycles. The molecule has 1 unspecified atom stereocenters. The third kappa shape index (κ3) is 6.10. The topological polar surface area (TPSA) is 21.6 Å². The molecule has 0 heterocycles. The highest BCUT2D eigenvalue weighted by Crippen LogP contribution is 2.26. The zero-order valence-corrected chi connectivity index (χ0v) is 13.9. The van der Waals surface area contributed by atoms with Crippen LogP contribution < -0.4 is 0 Å². The summed E-state index contributed by atoms with van der Waals surface area (Å²) in [5.74, 6) is -1.20. The van der Waals surface area contributed by atoms with Crippen molar-refractivity contribution in [3.8, 4) is 0 Å². The standard InChI is InChI=1S/C20H20F3NO/c1-2-9-18(17-12-7-4-8-13-17)25-19(20(21,22)23)24-15-14-16-10-5-3-6-11-16/h2-13,18H,14-15H2,1H3/b9-2+,24-19?. The molecule has 2 rings (SSSR count). The van der Waals surface area contributed by atoms with Gasteiger partial charge in [-0.15, -0.1) is 0 Å². The van der Waals surface area contributed by atoms with E-state index in [1.165, 1.54) is 0 Å². The highest BCUT2D eigenvalue weighted by molar-refractivity contribution is 5.82. The molecule has 0 N–H and O–H groups in total. The fraction of sp³-hybridized carbons (Fsp3) is 0.250. The molecule has 0 fully saturated rings. The smallest absolute Gasteiger partial charge is 0.462 e. The van der Waals surface area contributed by atoms with Crippen molar-refractivity contribution in [2.75, 3.05) is 6.54 Å². The van der Waals surface area contributed by atoms with Crippen molar-refractivity contribution in [2.24, 2.45) is 4.99 Å². The van der Waals surface area contributed by atoms with E-state index < -0.39 is 18.2 Å². The first-order valence-electron chi connectivity index (χ1n) is 8.00. The summed E-state index contributed by atoms with van der Waals surface area (Å²) in [4.78, 5) is 3.67. The number of rotatable bonds is 6. The molecule has 0 amide bonds. The lowest BCUT2D eigenvalue weighted by atomic mass is 10.1. The highest BCUT2D eigenvalue weighted by Gasteiger charge is 2.39. The molecule has 2 nitrogen and oxygen atoms in total. The van der Waals surface area contributed by atoms with Crippen LogP contribution in [0.5, 0.6) is 0 Å². The van der Waals surface area contributed by atoms with Crippen LogP contribution in [0.25, 0.3) is 0 Å². The lowest BCUT2D eigenvalue weighted by molar-refractivity contribution is -0.0817. The maximum Gasteiger partial charge on any atom is 0.468 e. The summed E-state index contributed by atoms with van der Waals surface area (Å²) in [6, 6.07) is 18.0. The monoisotopic (exact) mass is 347 g/mol. The fourth-order valence-electron chi connectivity index (χ4n) is 2.28. The molecule has 1 atom stereocenters. The Hall–Kier alpha value is -2.56. The van der Waals surface area contributed by atoms with Gasteiger partial charge in [0, 0.05) is 6.54 Å². The summed E-state index contributed by atoms with van der Waals surface area (Å²) in [5.41, 5.74) is 1.57. The van der Waals surface area contributed by atoms with Gasteiger partial charge in [0.25, 0.3) is 5.90 Å². The van der Waals surface area contributed by atoms with Crippen LogP contribution in [0.4, 0.5) is 13.2 Å². The molecule has 0 aromatic heterocycles. The van der Waals surface area contributed by atoms with Gasteiger partial charge in [0.15, 0.2) is 0 Å². The molecule has 5 heteroatoms. The van der Waals surface area contributed by atoms with E-state index in [9.17, 15) is 13.2 Å². The van der Waals surface area contributed by atoms with E-state index in [-0.39, 0.29) is 6.54 Å². The molecule has 0 spiro atoms. The maximum atomic E-state index is 13.3. The fourth-order valence-corrected chi connectivity index (χ4v) is 2.28. The Kier molecular flexibility index (Phi) is 6.81. The van der Waals surface area contributed by atoms with Crippen molar-refractivity contribution in [3.63, 3.8) is 0 Å². The van der Waals surface area contributed by atoms with Crippen molar-refractivity contribution in [1.29, 1.82) is 0 Å². The first-order valence-corrected chi connectivity index (χ1v) is 8.00. The molecule has 25 heavy (non-hydrogen) atoms. The third-order valence-electron chi connectivity index (χ3n) is 3.48. The number of nitrogens with zero attached hydrogens (tertiary/aromatic N) is 1. The van der Waals surface area contributed by atoms with Crippen LogP contribution in [0, 0.1) is 0 Å². The Bertz CT molecular complexity index is 694. The van der Waals surface area contributed by atoms with Crippen LogP contribution >= 0.6 is 0 Å². The number of ether oxygens (including phenoxy) is 1. The molecular weight excluding hydrogens is 327 g/mol. The molecular formula is C20H20F3NO. The van der Waals surface area contributed by atoms with Crippen LogP contribution in [0.15, 0.2) is 77.8 Å². The van der Waals surface area contributed by atoms with Gasteiger partial charge < -0.3 is 4.74 Å². The maximum absolute atomic E-state index is 13.3. The van der Waals surface area contributed by atoms with Crippen molar-refractivity contribution in [1.82, 2.24) is 0 Å². The predicted molar refractivity (Wildman–Crippen MR) is 93.6 cm³/mol. The van der Waals surface area contributed by atoms with Gasteiger partial charge >= 0.3 is 6.18 Å². The average molecular weight is 347 g/mol. The van der Waals surface area contributed by atoms with E-state index in [2.05, 4.69) is 4.99 Å². The number of allylic oxidation sites excluding steroid dienone is 1. The van der Waals surface area contributed by atoms with Crippen molar-refractivity contribution < 1.29 is 17.9 Å². The number of benzene rings is 2. The Labute approximate surface area is 145 Å². The second-order valence-electron chi connectivity index (χ2n) is 5.40. The van der Waals surface area contributed by atoms with Gasteiger partial charge in [0.05, 0.1) is 0 Å². The highest BCUT2D eigenvalue weighted by atomic mass is 19.4. The number of hydrogen-bond donors (Lipinski definition) is 0. The second-order valence-corrected chi connectivity index (χ2v) is 5.40. The number of aliphatic imine (C=N–C) groups is 1. The van der Waals surface area contributed by atoms with Crippen LogP contribution in [0.1, 0.15) is 24.2 Å². The molecule has 0 aliphatic rings. The minimum Gasteiger partial charge on any atom is -0.462 e. The molecule has 0 radical (unpaired) electrons. The lowest BCUT2D eigenvalue weighted by Gasteiger charge is -2.19. The van der Waals surface area contributed by atoms with Gasteiger partial charge in [-0.05, 0) is 30.5 Å². The van der Waals surface area contributed by atoms with Crippen molar-refractivity contribution >= 4 is 5.90 Å². The quantitative estimate of drug-likeness (QED) is 0.383. The molecule has 2 aromatic rings. The van der Waals surface area contributed by atoms with E-state index >= 15 is 0 Å². The van der Waals surface area contributed by atoms with Gasteiger partial charge in [0.2, 0.25) is 0 Å². The van der Waals surface area contributed by atoms with Gasteiger partial charge in [-0.25, -0.2) is 4.99 Å². The van der Waals surface area contributed by atoms with Gasteiger partial charge in [0.1, 0.15) is 6.10 Å². The van der Waals surface area contributed by atoms with E-state index in [0.29, 0.717) is 12.0 Å². The Morgan fingerprint density at radius 3 is 2.20 bits per heavy atom. The summed E-state index contributed by atoms with van der Waals surface area (Å²) in [6.45, 7) is 1.75. The largest absolute Gasteiger partial charge is 0.468 e. The summed E-state index contributed by atoms with van der Waals surface area (Å²) in [5, 5.41) is 0. The Morgan fingerprint density at radius 1 is 1.04 bits per heavy atom. The number of alkyl halides is 3. The van der Waals surface area contributed by atoms with Gasteiger partial charge in [-0.1, -0.05) is 66.7 Å². The zero-order chi connectivity index (χ0) is 18.1.